The van der Waals surface area contributed by atoms with E-state index in [-0.39, 0.29) is 36.0 Å². The lowest BCUT2D eigenvalue weighted by Gasteiger charge is -2.08. The maximum Gasteiger partial charge on any atom is 0.306 e. The Morgan fingerprint density at radius 3 is 2.48 bits per heavy atom. The fraction of sp³-hybridized carbons (Fsp3) is 0.250. The van der Waals surface area contributed by atoms with Crippen molar-refractivity contribution in [2.24, 2.45) is 0 Å². The van der Waals surface area contributed by atoms with Gasteiger partial charge in [0.05, 0.1) is 18.1 Å². The normalized spacial score (nSPS) is 10.1. The van der Waals surface area contributed by atoms with Crippen LogP contribution in [-0.2, 0) is 14.3 Å². The van der Waals surface area contributed by atoms with E-state index >= 15 is 0 Å². The molecule has 0 aliphatic carbocycles. The van der Waals surface area contributed by atoms with E-state index in [0.717, 1.165) is 0 Å². The quantitative estimate of drug-likeness (QED) is 0.246. The largest absolute Gasteiger partial charge is 0.496 e. The molecule has 31 heavy (non-hydrogen) atoms. The van der Waals surface area contributed by atoms with Gasteiger partial charge in [0.2, 0.25) is 0 Å². The second kappa shape index (κ2) is 11.5. The minimum atomic E-state index is -0.724. The molecule has 2 rings (SSSR count). The number of methoxy groups -OCH3 is 1. The van der Waals surface area contributed by atoms with Crippen LogP contribution in [0.2, 0.25) is 5.02 Å². The minimum absolute atomic E-state index is 0.0170. The Hall–Kier alpha value is -3.66. The van der Waals surface area contributed by atoms with Crippen LogP contribution >= 0.6 is 11.6 Å². The number of esters is 1. The number of nitro groups is 1. The van der Waals surface area contributed by atoms with E-state index in [1.54, 1.807) is 24.3 Å². The van der Waals surface area contributed by atoms with Gasteiger partial charge in [0, 0.05) is 23.6 Å². The van der Waals surface area contributed by atoms with Crippen LogP contribution in [0.15, 0.2) is 42.5 Å². The zero-order valence-electron chi connectivity index (χ0n) is 16.6. The van der Waals surface area contributed by atoms with Gasteiger partial charge < -0.3 is 20.1 Å². The number of ether oxygens (including phenoxy) is 2. The zero-order chi connectivity index (χ0) is 22.8. The fourth-order valence-corrected chi connectivity index (χ4v) is 2.56. The summed E-state index contributed by atoms with van der Waals surface area (Å²) in [6.07, 6.45) is 0.292. The highest BCUT2D eigenvalue weighted by atomic mass is 35.5. The van der Waals surface area contributed by atoms with E-state index in [1.807, 2.05) is 0 Å². The topological polar surface area (TPSA) is 137 Å². The van der Waals surface area contributed by atoms with Crippen molar-refractivity contribution >= 4 is 40.8 Å². The van der Waals surface area contributed by atoms with Crippen LogP contribution in [0, 0.1) is 10.1 Å². The van der Waals surface area contributed by atoms with E-state index < -0.39 is 23.4 Å². The number of anilines is 1. The monoisotopic (exact) mass is 449 g/mol. The number of carbonyl (C=O) groups excluding carboxylic acids is 3. The number of halogens is 1. The summed E-state index contributed by atoms with van der Waals surface area (Å²) >= 11 is 5.76. The third-order valence-corrected chi connectivity index (χ3v) is 4.24. The highest BCUT2D eigenvalue weighted by Crippen LogP contribution is 2.28. The van der Waals surface area contributed by atoms with Crippen molar-refractivity contribution in [1.82, 2.24) is 5.32 Å². The first-order valence-electron chi connectivity index (χ1n) is 9.12. The van der Waals surface area contributed by atoms with Crippen molar-refractivity contribution in [3.63, 3.8) is 0 Å². The van der Waals surface area contributed by atoms with Crippen LogP contribution in [-0.4, -0.2) is 43.0 Å². The van der Waals surface area contributed by atoms with Gasteiger partial charge in [0.1, 0.15) is 11.4 Å². The van der Waals surface area contributed by atoms with Gasteiger partial charge in [-0.15, -0.1) is 0 Å². The third-order valence-electron chi connectivity index (χ3n) is 3.99. The maximum atomic E-state index is 11.9. The number of hydrogen-bond donors (Lipinski definition) is 2. The molecule has 0 unspecified atom stereocenters. The van der Waals surface area contributed by atoms with Gasteiger partial charge in [0.25, 0.3) is 17.5 Å². The van der Waals surface area contributed by atoms with Crippen LogP contribution < -0.4 is 15.4 Å². The van der Waals surface area contributed by atoms with Crippen LogP contribution in [0.4, 0.5) is 11.4 Å². The molecule has 2 amide bonds. The number of nitrogens with one attached hydrogen (secondary N) is 2. The number of amides is 2. The van der Waals surface area contributed by atoms with E-state index in [4.69, 9.17) is 21.1 Å². The molecule has 0 radical (unpaired) electrons. The van der Waals surface area contributed by atoms with Crippen molar-refractivity contribution in [1.29, 1.82) is 0 Å². The summed E-state index contributed by atoms with van der Waals surface area (Å²) in [6, 6.07) is 10.3. The Bertz CT molecular complexity index is 964. The molecule has 0 saturated carbocycles. The summed E-state index contributed by atoms with van der Waals surface area (Å²) in [4.78, 5) is 46.1. The molecule has 0 spiro atoms. The molecule has 0 aliphatic heterocycles. The second-order valence-electron chi connectivity index (χ2n) is 6.22. The highest BCUT2D eigenvalue weighted by molar-refractivity contribution is 6.30. The summed E-state index contributed by atoms with van der Waals surface area (Å²) < 4.78 is 9.77. The lowest BCUT2D eigenvalue weighted by atomic mass is 10.2. The standard InChI is InChI=1S/C20H20ClN3O7/c1-30-15-8-9-16(17(11-15)24(28)29)23-18(25)12-31-19(26)3-2-10-22-20(27)13-4-6-14(21)7-5-13/h4-9,11H,2-3,10,12H2,1H3,(H,22,27)(H,23,25). The third kappa shape index (κ3) is 7.59. The summed E-state index contributed by atoms with van der Waals surface area (Å²) in [6.45, 7) is -0.361. The summed E-state index contributed by atoms with van der Waals surface area (Å²) in [5.41, 5.74) is 0.0449. The molecule has 11 heteroatoms. The number of hydrogen-bond acceptors (Lipinski definition) is 7. The van der Waals surface area contributed by atoms with E-state index in [2.05, 4.69) is 10.6 Å². The average Bonchev–Trinajstić information content (AvgIpc) is 2.75. The first-order valence-corrected chi connectivity index (χ1v) is 9.49. The number of nitro benzene ring substituents is 1. The van der Waals surface area contributed by atoms with Gasteiger partial charge in [-0.2, -0.15) is 0 Å². The Labute approximate surface area is 182 Å². The lowest BCUT2D eigenvalue weighted by Crippen LogP contribution is -2.25. The van der Waals surface area contributed by atoms with Gasteiger partial charge in [-0.25, -0.2) is 0 Å². The number of benzene rings is 2. The van der Waals surface area contributed by atoms with Gasteiger partial charge in [-0.05, 0) is 42.8 Å². The molecule has 2 aromatic carbocycles. The molecule has 164 valence electrons. The molecule has 0 heterocycles. The predicted molar refractivity (Wildman–Crippen MR) is 112 cm³/mol. The summed E-state index contributed by atoms with van der Waals surface area (Å²) in [5, 5.41) is 16.6. The Balaban J connectivity index is 1.71. The smallest absolute Gasteiger partial charge is 0.306 e. The predicted octanol–water partition coefficient (Wildman–Crippen LogP) is 2.95. The fourth-order valence-electron chi connectivity index (χ4n) is 2.44. The van der Waals surface area contributed by atoms with Gasteiger partial charge in [0.15, 0.2) is 6.61 Å². The molecular weight excluding hydrogens is 430 g/mol. The van der Waals surface area contributed by atoms with Crippen molar-refractivity contribution in [3.05, 3.63) is 63.2 Å². The van der Waals surface area contributed by atoms with Crippen LogP contribution in [0.25, 0.3) is 0 Å². The average molecular weight is 450 g/mol. The minimum Gasteiger partial charge on any atom is -0.496 e. The summed E-state index contributed by atoms with van der Waals surface area (Å²) in [5.74, 6) is -1.40. The van der Waals surface area contributed by atoms with E-state index in [1.165, 1.54) is 25.3 Å². The SMILES string of the molecule is COc1ccc(NC(=O)COC(=O)CCCNC(=O)c2ccc(Cl)cc2)c([N+](=O)[O-])c1. The molecule has 0 saturated heterocycles. The lowest BCUT2D eigenvalue weighted by molar-refractivity contribution is -0.384. The Morgan fingerprint density at radius 1 is 1.13 bits per heavy atom. The maximum absolute atomic E-state index is 11.9. The Kier molecular flexibility index (Phi) is 8.77. The van der Waals surface area contributed by atoms with Crippen LogP contribution in [0.5, 0.6) is 5.75 Å². The van der Waals surface area contributed by atoms with Crippen LogP contribution in [0.1, 0.15) is 23.2 Å². The van der Waals surface area contributed by atoms with Gasteiger partial charge >= 0.3 is 5.97 Å². The molecule has 0 fully saturated rings. The molecule has 0 aromatic heterocycles. The Morgan fingerprint density at radius 2 is 1.84 bits per heavy atom. The van der Waals surface area contributed by atoms with Crippen molar-refractivity contribution < 1.29 is 28.8 Å². The molecular formula is C20H20ClN3O7. The van der Waals surface area contributed by atoms with E-state index in [0.29, 0.717) is 17.0 Å². The number of rotatable bonds is 10. The number of carbonyl (C=O) groups is 3. The van der Waals surface area contributed by atoms with Crippen molar-refractivity contribution in [3.8, 4) is 5.75 Å². The van der Waals surface area contributed by atoms with E-state index in [9.17, 15) is 24.5 Å². The first-order chi connectivity index (χ1) is 14.8. The number of nitrogens with zero attached hydrogens (tertiary/aromatic N) is 1. The molecule has 0 aliphatic rings. The molecule has 0 bridgehead atoms. The van der Waals surface area contributed by atoms with Crippen molar-refractivity contribution in [2.45, 2.75) is 12.8 Å². The molecule has 0 atom stereocenters. The van der Waals surface area contributed by atoms with Gasteiger partial charge in [-0.3, -0.25) is 24.5 Å². The molecule has 2 N–H and O–H groups in total. The van der Waals surface area contributed by atoms with Crippen LogP contribution in [0.3, 0.4) is 0 Å². The van der Waals surface area contributed by atoms with Crippen molar-refractivity contribution in [2.75, 3.05) is 25.6 Å². The zero-order valence-corrected chi connectivity index (χ0v) is 17.3. The molecule has 10 nitrogen and oxygen atoms in total. The highest BCUT2D eigenvalue weighted by Gasteiger charge is 2.18. The summed E-state index contributed by atoms with van der Waals surface area (Å²) in [7, 11) is 1.36. The first kappa shape index (κ1) is 23.6. The second-order valence-corrected chi connectivity index (χ2v) is 6.65. The van der Waals surface area contributed by atoms with Gasteiger partial charge in [-0.1, -0.05) is 11.6 Å². The molecule has 2 aromatic rings.